The number of benzene rings is 2. The minimum absolute atomic E-state index is 0.208. The maximum atomic E-state index is 13.2. The van der Waals surface area contributed by atoms with Crippen molar-refractivity contribution in [3.05, 3.63) is 52.0 Å². The summed E-state index contributed by atoms with van der Waals surface area (Å²) in [5.74, 6) is -1.12. The van der Waals surface area contributed by atoms with Gasteiger partial charge in [-0.2, -0.15) is 0 Å². The Morgan fingerprint density at radius 2 is 1.86 bits per heavy atom. The van der Waals surface area contributed by atoms with Gasteiger partial charge in [-0.05, 0) is 30.3 Å². The Kier molecular flexibility index (Phi) is 4.64. The summed E-state index contributed by atoms with van der Waals surface area (Å²) in [7, 11) is 2.99. The number of anilines is 1. The van der Waals surface area contributed by atoms with Crippen LogP contribution in [0.15, 0.2) is 41.6 Å². The van der Waals surface area contributed by atoms with Crippen LogP contribution >= 0.6 is 23.2 Å². The number of imide groups is 1. The molecule has 0 N–H and O–H groups in total. The van der Waals surface area contributed by atoms with E-state index >= 15 is 0 Å². The standard InChI is InChI=1S/C19H14Cl2N2O5/c1-26-13-5-3-4-10(16(13)27-2)15-14-17(28-22-15)19(25)23(18(14)24)12-8-9(20)6-7-11(12)21/h3-8,14,17H,1-2H3/t14-,17-/m0/s1. The number of carbonyl (C=O) groups is 2. The molecule has 0 aliphatic carbocycles. The first kappa shape index (κ1) is 18.6. The lowest BCUT2D eigenvalue weighted by atomic mass is 9.93. The first-order valence-electron chi connectivity index (χ1n) is 8.26. The molecular formula is C19H14Cl2N2O5. The molecule has 2 atom stereocenters. The molecule has 2 heterocycles. The second-order valence-electron chi connectivity index (χ2n) is 6.13. The third-order valence-corrected chi connectivity index (χ3v) is 5.19. The first-order chi connectivity index (χ1) is 13.5. The molecule has 28 heavy (non-hydrogen) atoms. The maximum absolute atomic E-state index is 13.2. The zero-order valence-electron chi connectivity index (χ0n) is 14.8. The van der Waals surface area contributed by atoms with Crippen molar-refractivity contribution in [3.8, 4) is 11.5 Å². The molecule has 9 heteroatoms. The smallest absolute Gasteiger partial charge is 0.279 e. The van der Waals surface area contributed by atoms with Crippen LogP contribution in [0.5, 0.6) is 11.5 Å². The van der Waals surface area contributed by atoms with E-state index in [9.17, 15) is 9.59 Å². The number of carbonyl (C=O) groups excluding carboxylic acids is 2. The summed E-state index contributed by atoms with van der Waals surface area (Å²) in [5, 5.41) is 4.57. The number of methoxy groups -OCH3 is 2. The molecule has 2 aliphatic heterocycles. The van der Waals surface area contributed by atoms with Crippen molar-refractivity contribution in [2.75, 3.05) is 19.1 Å². The highest BCUT2D eigenvalue weighted by Gasteiger charge is 2.57. The molecular weight excluding hydrogens is 407 g/mol. The number of hydrogen-bond acceptors (Lipinski definition) is 6. The lowest BCUT2D eigenvalue weighted by Crippen LogP contribution is -2.33. The van der Waals surface area contributed by atoms with Crippen molar-refractivity contribution in [1.29, 1.82) is 0 Å². The van der Waals surface area contributed by atoms with Gasteiger partial charge in [0.05, 0.1) is 24.9 Å². The number of amides is 2. The van der Waals surface area contributed by atoms with Gasteiger partial charge in [-0.1, -0.05) is 34.4 Å². The lowest BCUT2D eigenvalue weighted by molar-refractivity contribution is -0.126. The Balaban J connectivity index is 1.77. The molecule has 2 amide bonds. The van der Waals surface area contributed by atoms with Crippen LogP contribution < -0.4 is 14.4 Å². The summed E-state index contributed by atoms with van der Waals surface area (Å²) in [6, 6.07) is 9.73. The molecule has 2 aliphatic rings. The number of fused-ring (bicyclic) bond motifs is 1. The number of nitrogens with zero attached hydrogens (tertiary/aromatic N) is 2. The number of rotatable bonds is 4. The molecule has 0 saturated carbocycles. The van der Waals surface area contributed by atoms with E-state index in [1.54, 1.807) is 24.3 Å². The predicted octanol–water partition coefficient (Wildman–Crippen LogP) is 3.30. The quantitative estimate of drug-likeness (QED) is 0.709. The Morgan fingerprint density at radius 1 is 1.07 bits per heavy atom. The molecule has 0 radical (unpaired) electrons. The predicted molar refractivity (Wildman–Crippen MR) is 103 cm³/mol. The van der Waals surface area contributed by atoms with E-state index in [-0.39, 0.29) is 10.7 Å². The molecule has 0 spiro atoms. The van der Waals surface area contributed by atoms with E-state index < -0.39 is 23.8 Å². The van der Waals surface area contributed by atoms with Gasteiger partial charge < -0.3 is 14.3 Å². The SMILES string of the molecule is COc1cccc(C2=NO[C@@H]3C(=O)N(c4cc(Cl)ccc4Cl)C(=O)[C@@H]23)c1OC. The molecule has 0 unspecified atom stereocenters. The summed E-state index contributed by atoms with van der Waals surface area (Å²) >= 11 is 12.2. The highest BCUT2D eigenvalue weighted by atomic mass is 35.5. The van der Waals surface area contributed by atoms with Gasteiger partial charge in [0, 0.05) is 10.6 Å². The second-order valence-corrected chi connectivity index (χ2v) is 6.97. The second kappa shape index (κ2) is 7.00. The molecule has 1 saturated heterocycles. The summed E-state index contributed by atoms with van der Waals surface area (Å²) in [6.07, 6.45) is -1.08. The number of hydrogen-bond donors (Lipinski definition) is 0. The van der Waals surface area contributed by atoms with Crippen LogP contribution in [-0.2, 0) is 14.4 Å². The minimum Gasteiger partial charge on any atom is -0.493 e. The average Bonchev–Trinajstić information content (AvgIpc) is 3.23. The molecule has 2 aromatic rings. The van der Waals surface area contributed by atoms with Crippen molar-refractivity contribution in [2.45, 2.75) is 6.10 Å². The molecule has 7 nitrogen and oxygen atoms in total. The largest absolute Gasteiger partial charge is 0.493 e. The summed E-state index contributed by atoms with van der Waals surface area (Å²) in [6.45, 7) is 0. The zero-order chi connectivity index (χ0) is 20.0. The van der Waals surface area contributed by atoms with Gasteiger partial charge in [0.1, 0.15) is 11.6 Å². The third kappa shape index (κ3) is 2.70. The van der Waals surface area contributed by atoms with E-state index in [1.807, 2.05) is 0 Å². The fourth-order valence-corrected chi connectivity index (χ4v) is 3.75. The van der Waals surface area contributed by atoms with Gasteiger partial charge in [-0.15, -0.1) is 0 Å². The third-order valence-electron chi connectivity index (χ3n) is 4.64. The van der Waals surface area contributed by atoms with Crippen LogP contribution in [0.2, 0.25) is 10.0 Å². The Morgan fingerprint density at radius 3 is 2.57 bits per heavy atom. The minimum atomic E-state index is -1.08. The summed E-state index contributed by atoms with van der Waals surface area (Å²) in [4.78, 5) is 32.4. The van der Waals surface area contributed by atoms with Crippen LogP contribution in [0.1, 0.15) is 5.56 Å². The highest BCUT2D eigenvalue weighted by molar-refractivity contribution is 6.39. The molecule has 0 aromatic heterocycles. The van der Waals surface area contributed by atoms with Gasteiger partial charge in [-0.3, -0.25) is 9.59 Å². The number of ether oxygens (including phenoxy) is 2. The van der Waals surface area contributed by atoms with Crippen molar-refractivity contribution in [2.24, 2.45) is 11.1 Å². The van der Waals surface area contributed by atoms with Crippen molar-refractivity contribution >= 4 is 46.4 Å². The van der Waals surface area contributed by atoms with Crippen LogP contribution in [-0.4, -0.2) is 37.8 Å². The fourth-order valence-electron chi connectivity index (χ4n) is 3.38. The lowest BCUT2D eigenvalue weighted by Gasteiger charge is -2.17. The van der Waals surface area contributed by atoms with E-state index in [0.717, 1.165) is 4.90 Å². The van der Waals surface area contributed by atoms with Crippen molar-refractivity contribution in [1.82, 2.24) is 0 Å². The molecule has 2 aromatic carbocycles. The first-order valence-corrected chi connectivity index (χ1v) is 9.01. The average molecular weight is 421 g/mol. The Hall–Kier alpha value is -2.77. The van der Waals surface area contributed by atoms with E-state index in [4.69, 9.17) is 37.5 Å². The van der Waals surface area contributed by atoms with Crippen LogP contribution in [0.3, 0.4) is 0 Å². The molecule has 0 bridgehead atoms. The van der Waals surface area contributed by atoms with Gasteiger partial charge in [0.15, 0.2) is 11.5 Å². The number of halogens is 2. The van der Waals surface area contributed by atoms with Gasteiger partial charge in [0.2, 0.25) is 12.0 Å². The monoisotopic (exact) mass is 420 g/mol. The van der Waals surface area contributed by atoms with E-state index in [2.05, 4.69) is 5.16 Å². The molecule has 4 rings (SSSR count). The van der Waals surface area contributed by atoms with Crippen LogP contribution in [0, 0.1) is 5.92 Å². The van der Waals surface area contributed by atoms with E-state index in [0.29, 0.717) is 27.8 Å². The Labute approximate surface area is 170 Å². The normalized spacial score (nSPS) is 20.7. The highest BCUT2D eigenvalue weighted by Crippen LogP contribution is 2.41. The van der Waals surface area contributed by atoms with Crippen LogP contribution in [0.4, 0.5) is 5.69 Å². The number of para-hydroxylation sites is 1. The zero-order valence-corrected chi connectivity index (χ0v) is 16.3. The number of oxime groups is 1. The van der Waals surface area contributed by atoms with Gasteiger partial charge in [-0.25, -0.2) is 4.90 Å². The summed E-state index contributed by atoms with van der Waals surface area (Å²) in [5.41, 5.74) is 1.01. The van der Waals surface area contributed by atoms with Gasteiger partial charge in [0.25, 0.3) is 5.91 Å². The molecule has 1 fully saturated rings. The fraction of sp³-hybridized carbons (Fsp3) is 0.211. The van der Waals surface area contributed by atoms with E-state index in [1.165, 1.54) is 26.4 Å². The van der Waals surface area contributed by atoms with Crippen molar-refractivity contribution < 1.29 is 23.9 Å². The van der Waals surface area contributed by atoms with Gasteiger partial charge >= 0.3 is 0 Å². The topological polar surface area (TPSA) is 77.4 Å². The van der Waals surface area contributed by atoms with Crippen LogP contribution in [0.25, 0.3) is 0 Å². The maximum Gasteiger partial charge on any atom is 0.279 e. The molecule has 144 valence electrons. The van der Waals surface area contributed by atoms with Crippen molar-refractivity contribution in [3.63, 3.8) is 0 Å². The summed E-state index contributed by atoms with van der Waals surface area (Å²) < 4.78 is 10.7. The Bertz CT molecular complexity index is 1020.